The lowest BCUT2D eigenvalue weighted by atomic mass is 10.2. The highest BCUT2D eigenvalue weighted by molar-refractivity contribution is 7.99. The Labute approximate surface area is 176 Å². The zero-order valence-electron chi connectivity index (χ0n) is 16.7. The Hall–Kier alpha value is -1.94. The maximum atomic E-state index is 13.1. The Morgan fingerprint density at radius 3 is 2.31 bits per heavy atom. The van der Waals surface area contributed by atoms with Crippen LogP contribution in [0.4, 0.5) is 0 Å². The van der Waals surface area contributed by atoms with Gasteiger partial charge < -0.3 is 4.90 Å². The van der Waals surface area contributed by atoms with Gasteiger partial charge >= 0.3 is 0 Å². The van der Waals surface area contributed by atoms with Crippen molar-refractivity contribution >= 4 is 27.9 Å². The van der Waals surface area contributed by atoms with E-state index >= 15 is 0 Å². The van der Waals surface area contributed by atoms with E-state index in [4.69, 9.17) is 0 Å². The van der Waals surface area contributed by atoms with Gasteiger partial charge in [0.05, 0.1) is 5.56 Å². The molecule has 29 heavy (non-hydrogen) atoms. The Kier molecular flexibility index (Phi) is 7.28. The molecule has 0 radical (unpaired) electrons. The average Bonchev–Trinajstić information content (AvgIpc) is 2.75. The second kappa shape index (κ2) is 9.71. The lowest BCUT2D eigenvalue weighted by Crippen LogP contribution is -2.54. The van der Waals surface area contributed by atoms with Crippen molar-refractivity contribution in [1.29, 1.82) is 0 Å². The second-order valence-electron chi connectivity index (χ2n) is 6.55. The molecule has 0 atom stereocenters. The van der Waals surface area contributed by atoms with E-state index in [1.807, 2.05) is 44.2 Å². The largest absolute Gasteiger partial charge is 0.336 e. The molecule has 156 valence electrons. The van der Waals surface area contributed by atoms with Gasteiger partial charge in [-0.1, -0.05) is 43.8 Å². The van der Waals surface area contributed by atoms with Gasteiger partial charge in [-0.3, -0.25) is 4.79 Å². The fraction of sp³-hybridized carbons (Fsp3) is 0.400. The summed E-state index contributed by atoms with van der Waals surface area (Å²) in [6.07, 6.45) is 1.68. The van der Waals surface area contributed by atoms with Crippen molar-refractivity contribution in [2.75, 3.05) is 39.3 Å². The molecule has 0 aliphatic carbocycles. The van der Waals surface area contributed by atoms with E-state index in [0.717, 1.165) is 4.90 Å². The minimum Gasteiger partial charge on any atom is -0.336 e. The molecular weight excluding hydrogens is 408 g/mol. The van der Waals surface area contributed by atoms with E-state index in [0.29, 0.717) is 49.9 Å². The molecular formula is C20H26N4O3S2. The Morgan fingerprint density at radius 2 is 1.69 bits per heavy atom. The SMILES string of the molecule is CCN(CC)S(=O)(=O)N1CCN(C(=O)c2cccnc2Sc2ccccc2)CC1. The van der Waals surface area contributed by atoms with Crippen molar-refractivity contribution in [3.05, 3.63) is 54.2 Å². The molecule has 1 aliphatic heterocycles. The minimum atomic E-state index is -3.47. The fourth-order valence-electron chi connectivity index (χ4n) is 3.24. The van der Waals surface area contributed by atoms with Gasteiger partial charge in [-0.25, -0.2) is 4.98 Å². The summed E-state index contributed by atoms with van der Waals surface area (Å²) >= 11 is 1.45. The van der Waals surface area contributed by atoms with Crippen LogP contribution in [0.3, 0.4) is 0 Å². The first-order chi connectivity index (χ1) is 14.0. The standard InChI is InChI=1S/C20H26N4O3S2/c1-3-23(4-2)29(26,27)24-15-13-22(14-16-24)20(25)18-11-8-12-21-19(18)28-17-9-6-5-7-10-17/h5-12H,3-4,13-16H2,1-2H3. The van der Waals surface area contributed by atoms with Crippen LogP contribution in [0, 0.1) is 0 Å². The number of amides is 1. The highest BCUT2D eigenvalue weighted by atomic mass is 32.2. The summed E-state index contributed by atoms with van der Waals surface area (Å²) in [5.74, 6) is -0.114. The fourth-order valence-corrected chi connectivity index (χ4v) is 5.74. The van der Waals surface area contributed by atoms with Crippen LogP contribution in [0.25, 0.3) is 0 Å². The van der Waals surface area contributed by atoms with E-state index in [-0.39, 0.29) is 5.91 Å². The van der Waals surface area contributed by atoms with Crippen molar-refractivity contribution in [2.24, 2.45) is 0 Å². The number of nitrogens with zero attached hydrogens (tertiary/aromatic N) is 4. The molecule has 1 fully saturated rings. The summed E-state index contributed by atoms with van der Waals surface area (Å²) in [5, 5.41) is 0.655. The predicted octanol–water partition coefficient (Wildman–Crippen LogP) is 2.58. The van der Waals surface area contributed by atoms with Crippen LogP contribution in [0.15, 0.2) is 58.6 Å². The Morgan fingerprint density at radius 1 is 1.03 bits per heavy atom. The summed E-state index contributed by atoms with van der Waals surface area (Å²) in [4.78, 5) is 20.2. The van der Waals surface area contributed by atoms with Crippen molar-refractivity contribution in [1.82, 2.24) is 18.5 Å². The van der Waals surface area contributed by atoms with Crippen molar-refractivity contribution in [3.63, 3.8) is 0 Å². The normalized spacial score (nSPS) is 15.6. The third-order valence-electron chi connectivity index (χ3n) is 4.84. The van der Waals surface area contributed by atoms with E-state index in [2.05, 4.69) is 4.98 Å². The highest BCUT2D eigenvalue weighted by Gasteiger charge is 2.32. The Bertz CT molecular complexity index is 926. The quantitative estimate of drug-likeness (QED) is 0.670. The summed E-state index contributed by atoms with van der Waals surface area (Å²) in [5.41, 5.74) is 0.543. The number of hydrogen-bond acceptors (Lipinski definition) is 5. The van der Waals surface area contributed by atoms with Crippen LogP contribution in [0.1, 0.15) is 24.2 Å². The van der Waals surface area contributed by atoms with Crippen LogP contribution in [-0.2, 0) is 10.2 Å². The predicted molar refractivity (Wildman–Crippen MR) is 114 cm³/mol. The van der Waals surface area contributed by atoms with E-state index < -0.39 is 10.2 Å². The number of aromatic nitrogens is 1. The zero-order valence-corrected chi connectivity index (χ0v) is 18.3. The number of piperazine rings is 1. The molecule has 7 nitrogen and oxygen atoms in total. The Balaban J connectivity index is 1.70. The van der Waals surface area contributed by atoms with Gasteiger partial charge in [-0.15, -0.1) is 0 Å². The molecule has 2 aromatic rings. The molecule has 0 saturated carbocycles. The van der Waals surface area contributed by atoms with Crippen LogP contribution >= 0.6 is 11.8 Å². The molecule has 3 rings (SSSR count). The first kappa shape index (κ1) is 21.8. The van der Waals surface area contributed by atoms with Gasteiger partial charge in [0.25, 0.3) is 16.1 Å². The van der Waals surface area contributed by atoms with Crippen molar-refractivity contribution in [2.45, 2.75) is 23.8 Å². The minimum absolute atomic E-state index is 0.114. The molecule has 1 aromatic carbocycles. The molecule has 0 unspecified atom stereocenters. The topological polar surface area (TPSA) is 73.8 Å². The second-order valence-corrected chi connectivity index (χ2v) is 9.55. The molecule has 0 spiro atoms. The number of hydrogen-bond donors (Lipinski definition) is 0. The number of rotatable bonds is 7. The van der Waals surface area contributed by atoms with Gasteiger partial charge in [0, 0.05) is 50.4 Å². The number of benzene rings is 1. The molecule has 1 aliphatic rings. The first-order valence-electron chi connectivity index (χ1n) is 9.69. The first-order valence-corrected chi connectivity index (χ1v) is 11.9. The number of carbonyl (C=O) groups excluding carboxylic acids is 1. The van der Waals surface area contributed by atoms with Crippen molar-refractivity contribution < 1.29 is 13.2 Å². The lowest BCUT2D eigenvalue weighted by molar-refractivity contribution is 0.0690. The molecule has 2 heterocycles. The van der Waals surface area contributed by atoms with Gasteiger partial charge in [0.15, 0.2) is 0 Å². The zero-order chi connectivity index (χ0) is 20.9. The smallest absolute Gasteiger partial charge is 0.282 e. The number of pyridine rings is 1. The van der Waals surface area contributed by atoms with Crippen LogP contribution < -0.4 is 0 Å². The maximum absolute atomic E-state index is 13.1. The van der Waals surface area contributed by atoms with Gasteiger partial charge in [0.2, 0.25) is 0 Å². The molecule has 1 saturated heterocycles. The van der Waals surface area contributed by atoms with Gasteiger partial charge in [-0.05, 0) is 24.3 Å². The summed E-state index contributed by atoms with van der Waals surface area (Å²) in [7, 11) is -3.47. The van der Waals surface area contributed by atoms with E-state index in [1.165, 1.54) is 20.4 Å². The van der Waals surface area contributed by atoms with Crippen molar-refractivity contribution in [3.8, 4) is 0 Å². The van der Waals surface area contributed by atoms with Crippen LogP contribution in [0.5, 0.6) is 0 Å². The lowest BCUT2D eigenvalue weighted by Gasteiger charge is -2.36. The highest BCUT2D eigenvalue weighted by Crippen LogP contribution is 2.29. The molecule has 0 bridgehead atoms. The molecule has 9 heteroatoms. The van der Waals surface area contributed by atoms with Gasteiger partial charge in [-0.2, -0.15) is 17.0 Å². The third kappa shape index (κ3) is 4.98. The molecule has 1 aromatic heterocycles. The molecule has 1 amide bonds. The average molecular weight is 435 g/mol. The molecule has 0 N–H and O–H groups in total. The summed E-state index contributed by atoms with van der Waals surface area (Å²) in [6, 6.07) is 13.3. The summed E-state index contributed by atoms with van der Waals surface area (Å²) < 4.78 is 28.3. The van der Waals surface area contributed by atoms with E-state index in [1.54, 1.807) is 23.2 Å². The summed E-state index contributed by atoms with van der Waals surface area (Å²) in [6.45, 7) is 5.86. The third-order valence-corrected chi connectivity index (χ3v) is 8.06. The number of carbonyl (C=O) groups is 1. The van der Waals surface area contributed by atoms with Gasteiger partial charge in [0.1, 0.15) is 5.03 Å². The maximum Gasteiger partial charge on any atom is 0.282 e. The monoisotopic (exact) mass is 434 g/mol. The van der Waals surface area contributed by atoms with Crippen LogP contribution in [-0.4, -0.2) is 72.1 Å². The van der Waals surface area contributed by atoms with Crippen LogP contribution in [0.2, 0.25) is 0 Å². The van der Waals surface area contributed by atoms with E-state index in [9.17, 15) is 13.2 Å².